The van der Waals surface area contributed by atoms with E-state index in [4.69, 9.17) is 4.98 Å². The summed E-state index contributed by atoms with van der Waals surface area (Å²) in [5.74, 6) is 0.120. The number of hydrogen-bond acceptors (Lipinski definition) is 3. The number of halogens is 1. The van der Waals surface area contributed by atoms with Gasteiger partial charge in [0.15, 0.2) is 0 Å². The molecule has 0 saturated heterocycles. The molecule has 1 N–H and O–H groups in total. The number of pyridine rings is 1. The first-order valence-electron chi connectivity index (χ1n) is 7.90. The van der Waals surface area contributed by atoms with Crippen LogP contribution in [0.4, 0.5) is 0 Å². The highest BCUT2D eigenvalue weighted by Crippen LogP contribution is 2.29. The van der Waals surface area contributed by atoms with Gasteiger partial charge in [0.25, 0.3) is 0 Å². The second-order valence-corrected chi connectivity index (χ2v) is 6.56. The number of para-hydroxylation sites is 1. The lowest BCUT2D eigenvalue weighted by Gasteiger charge is -2.22. The second kappa shape index (κ2) is 6.77. The van der Waals surface area contributed by atoms with E-state index in [0.717, 1.165) is 40.6 Å². The lowest BCUT2D eigenvalue weighted by molar-refractivity contribution is -0.147. The first kappa shape index (κ1) is 18.2. The van der Waals surface area contributed by atoms with Gasteiger partial charge in [0.1, 0.15) is 11.3 Å². The topological polar surface area (TPSA) is 68.0 Å². The van der Waals surface area contributed by atoms with Gasteiger partial charge in [-0.25, -0.2) is 4.98 Å². The molecule has 0 saturated carbocycles. The molecule has 0 aliphatic carbocycles. The molecular weight excluding hydrogens is 326 g/mol. The number of aromatic nitrogens is 3. The number of aryl methyl sites for hydroxylation is 1. The summed E-state index contributed by atoms with van der Waals surface area (Å²) in [6.45, 7) is 5.99. The molecule has 128 valence electrons. The van der Waals surface area contributed by atoms with E-state index in [-0.39, 0.29) is 12.4 Å². The fraction of sp³-hybridized carbons (Fsp3) is 0.389. The van der Waals surface area contributed by atoms with Gasteiger partial charge in [0, 0.05) is 18.4 Å². The predicted octanol–water partition coefficient (Wildman–Crippen LogP) is 4.07. The van der Waals surface area contributed by atoms with Crippen LogP contribution in [-0.4, -0.2) is 25.6 Å². The van der Waals surface area contributed by atoms with E-state index in [2.05, 4.69) is 16.5 Å². The summed E-state index contributed by atoms with van der Waals surface area (Å²) in [6.07, 6.45) is 3.56. The smallest absolute Gasteiger partial charge is 0.310 e. The molecule has 0 unspecified atom stereocenters. The fourth-order valence-electron chi connectivity index (χ4n) is 2.86. The van der Waals surface area contributed by atoms with Crippen molar-refractivity contribution in [1.82, 2.24) is 14.5 Å². The maximum Gasteiger partial charge on any atom is 0.310 e. The monoisotopic (exact) mass is 347 g/mol. The second-order valence-electron chi connectivity index (χ2n) is 6.56. The molecule has 6 heteroatoms. The van der Waals surface area contributed by atoms with E-state index in [1.165, 1.54) is 0 Å². The van der Waals surface area contributed by atoms with Gasteiger partial charge < -0.3 is 9.67 Å². The third kappa shape index (κ3) is 3.08. The zero-order chi connectivity index (χ0) is 16.6. The molecule has 0 atom stereocenters. The first-order chi connectivity index (χ1) is 10.9. The van der Waals surface area contributed by atoms with E-state index >= 15 is 0 Å². The zero-order valence-electron chi connectivity index (χ0n) is 14.1. The summed E-state index contributed by atoms with van der Waals surface area (Å²) in [4.78, 5) is 20.7. The zero-order valence-corrected chi connectivity index (χ0v) is 14.9. The van der Waals surface area contributed by atoms with Crippen molar-refractivity contribution >= 4 is 40.3 Å². The third-order valence-corrected chi connectivity index (χ3v) is 4.16. The van der Waals surface area contributed by atoms with E-state index in [1.807, 2.05) is 24.3 Å². The molecule has 5 nitrogen and oxygen atoms in total. The molecule has 1 aromatic carbocycles. The van der Waals surface area contributed by atoms with Crippen LogP contribution >= 0.6 is 12.4 Å². The molecule has 2 heterocycles. The number of carbonyl (C=O) groups is 1. The summed E-state index contributed by atoms with van der Waals surface area (Å²) in [5.41, 5.74) is 1.85. The van der Waals surface area contributed by atoms with Crippen molar-refractivity contribution in [3.63, 3.8) is 0 Å². The Labute approximate surface area is 147 Å². The molecule has 0 aliphatic rings. The van der Waals surface area contributed by atoms with Crippen LogP contribution in [0.1, 0.15) is 33.0 Å². The average Bonchev–Trinajstić information content (AvgIpc) is 2.85. The maximum absolute atomic E-state index is 11.6. The van der Waals surface area contributed by atoms with Crippen molar-refractivity contribution in [2.75, 3.05) is 0 Å². The number of carboxylic acid groups (broad SMARTS) is 1. The van der Waals surface area contributed by atoms with Gasteiger partial charge in [0.2, 0.25) is 0 Å². The maximum atomic E-state index is 11.6. The van der Waals surface area contributed by atoms with Crippen molar-refractivity contribution in [3.05, 3.63) is 36.3 Å². The van der Waals surface area contributed by atoms with Crippen LogP contribution in [0.25, 0.3) is 21.9 Å². The van der Waals surface area contributed by atoms with Gasteiger partial charge in [-0.05, 0) is 26.3 Å². The van der Waals surface area contributed by atoms with Crippen LogP contribution in [0, 0.1) is 5.41 Å². The largest absolute Gasteiger partial charge is 0.481 e. The Hall–Kier alpha value is -2.14. The van der Waals surface area contributed by atoms with Gasteiger partial charge in [-0.1, -0.05) is 25.1 Å². The number of nitrogens with zero attached hydrogens (tertiary/aromatic N) is 3. The number of benzene rings is 1. The molecule has 3 aromatic rings. The number of aliphatic carboxylic acids is 1. The Bertz CT molecular complexity index is 886. The molecule has 0 spiro atoms. The number of rotatable bonds is 5. The Balaban J connectivity index is 0.00000208. The number of fused-ring (bicyclic) bond motifs is 3. The summed E-state index contributed by atoms with van der Waals surface area (Å²) in [5, 5.41) is 10.5. The minimum atomic E-state index is -0.861. The molecule has 3 rings (SSSR count). The van der Waals surface area contributed by atoms with Gasteiger partial charge in [-0.3, -0.25) is 9.78 Å². The standard InChI is InChI=1S/C18H21N3O2.ClH/c1-4-7-15-20-14-10-19-13-9-6-5-8-12(13)16(14)21(15)11-18(2,3)17(22)23;/h5-6,8-10H,4,7,11H2,1-3H3,(H,22,23);1H. The van der Waals surface area contributed by atoms with Crippen LogP contribution in [-0.2, 0) is 17.8 Å². The average molecular weight is 348 g/mol. The summed E-state index contributed by atoms with van der Waals surface area (Å²) in [7, 11) is 0. The SMILES string of the molecule is CCCc1nc2cnc3ccccc3c2n1CC(C)(C)C(=O)O.Cl. The predicted molar refractivity (Wildman–Crippen MR) is 97.7 cm³/mol. The summed E-state index contributed by atoms with van der Waals surface area (Å²) >= 11 is 0. The lowest BCUT2D eigenvalue weighted by atomic mass is 9.93. The van der Waals surface area contributed by atoms with Crippen LogP contribution in [0.5, 0.6) is 0 Å². The Morgan fingerprint density at radius 1 is 1.25 bits per heavy atom. The van der Waals surface area contributed by atoms with Gasteiger partial charge >= 0.3 is 5.97 Å². The van der Waals surface area contributed by atoms with Crippen molar-refractivity contribution in [2.24, 2.45) is 5.41 Å². The van der Waals surface area contributed by atoms with Gasteiger partial charge in [-0.15, -0.1) is 12.4 Å². The fourth-order valence-corrected chi connectivity index (χ4v) is 2.86. The van der Waals surface area contributed by atoms with E-state index in [0.29, 0.717) is 6.54 Å². The minimum Gasteiger partial charge on any atom is -0.481 e. The molecule has 24 heavy (non-hydrogen) atoms. The number of hydrogen-bond donors (Lipinski definition) is 1. The lowest BCUT2D eigenvalue weighted by Crippen LogP contribution is -2.29. The highest BCUT2D eigenvalue weighted by Gasteiger charge is 2.29. The minimum absolute atomic E-state index is 0. The number of imidazole rings is 1. The molecule has 0 bridgehead atoms. The van der Waals surface area contributed by atoms with Crippen molar-refractivity contribution in [1.29, 1.82) is 0 Å². The number of carboxylic acids is 1. The van der Waals surface area contributed by atoms with Gasteiger partial charge in [0.05, 0.1) is 22.6 Å². The molecular formula is C18H22ClN3O2. The first-order valence-corrected chi connectivity index (χ1v) is 7.90. The molecule has 0 aliphatic heterocycles. The summed E-state index contributed by atoms with van der Waals surface area (Å²) < 4.78 is 2.07. The van der Waals surface area contributed by atoms with E-state index < -0.39 is 11.4 Å². The van der Waals surface area contributed by atoms with Gasteiger partial charge in [-0.2, -0.15) is 0 Å². The molecule has 0 fully saturated rings. The Morgan fingerprint density at radius 3 is 2.62 bits per heavy atom. The third-order valence-electron chi connectivity index (χ3n) is 4.16. The highest BCUT2D eigenvalue weighted by molar-refractivity contribution is 6.02. The quantitative estimate of drug-likeness (QED) is 0.755. The van der Waals surface area contributed by atoms with Crippen LogP contribution in [0.15, 0.2) is 30.5 Å². The van der Waals surface area contributed by atoms with Crippen LogP contribution in [0.2, 0.25) is 0 Å². The van der Waals surface area contributed by atoms with Crippen molar-refractivity contribution in [3.8, 4) is 0 Å². The van der Waals surface area contributed by atoms with Crippen molar-refractivity contribution < 1.29 is 9.90 Å². The summed E-state index contributed by atoms with van der Waals surface area (Å²) in [6, 6.07) is 7.92. The highest BCUT2D eigenvalue weighted by atomic mass is 35.5. The van der Waals surface area contributed by atoms with E-state index in [1.54, 1.807) is 20.0 Å². The normalized spacial score (nSPS) is 11.6. The Kier molecular flexibility index (Phi) is 5.13. The molecule has 0 radical (unpaired) electrons. The molecule has 2 aromatic heterocycles. The van der Waals surface area contributed by atoms with Crippen LogP contribution < -0.4 is 0 Å². The van der Waals surface area contributed by atoms with E-state index in [9.17, 15) is 9.90 Å². The Morgan fingerprint density at radius 2 is 1.96 bits per heavy atom. The molecule has 0 amide bonds. The van der Waals surface area contributed by atoms with Crippen molar-refractivity contribution in [2.45, 2.75) is 40.2 Å². The van der Waals surface area contributed by atoms with Crippen LogP contribution in [0.3, 0.4) is 0 Å².